The number of carbonyl (C=O) groups excluding carboxylic acids is 1. The lowest BCUT2D eigenvalue weighted by Crippen LogP contribution is -2.39. The number of hydrogen-bond acceptors (Lipinski definition) is 2. The van der Waals surface area contributed by atoms with Gasteiger partial charge in [0.2, 0.25) is 5.91 Å². The summed E-state index contributed by atoms with van der Waals surface area (Å²) in [5, 5.41) is 3.17. The lowest BCUT2D eigenvalue weighted by atomic mass is 9.86. The third kappa shape index (κ3) is 4.57. The van der Waals surface area contributed by atoms with Crippen LogP contribution in [0.3, 0.4) is 0 Å². The molecule has 1 saturated carbocycles. The van der Waals surface area contributed by atoms with E-state index in [2.05, 4.69) is 50.4 Å². The summed E-state index contributed by atoms with van der Waals surface area (Å²) in [5.74, 6) is 0.625. The Balaban J connectivity index is 1.81. The van der Waals surface area contributed by atoms with E-state index in [1.54, 1.807) is 0 Å². The molecular formula is C19H30N2O. The molecule has 0 spiro atoms. The molecule has 2 unspecified atom stereocenters. The zero-order chi connectivity index (χ0) is 16.2. The molecule has 122 valence electrons. The standard InChI is InChI=1S/C19H30N2O/c1-19(2,3)16-10-7-14(8-11-16)9-12-18(22)21-17-6-4-5-15(17)13-20/h7-8,10-11,15,17H,4-6,9,12-13,20H2,1-3H3,(H,21,22). The van der Waals surface area contributed by atoms with Gasteiger partial charge in [0.05, 0.1) is 0 Å². The van der Waals surface area contributed by atoms with Crippen LogP contribution < -0.4 is 11.1 Å². The maximum Gasteiger partial charge on any atom is 0.220 e. The SMILES string of the molecule is CC(C)(C)c1ccc(CCC(=O)NC2CCCC2CN)cc1. The lowest BCUT2D eigenvalue weighted by Gasteiger charge is -2.20. The highest BCUT2D eigenvalue weighted by Crippen LogP contribution is 2.25. The fraction of sp³-hybridized carbons (Fsp3) is 0.632. The molecule has 0 bridgehead atoms. The minimum atomic E-state index is 0.158. The van der Waals surface area contributed by atoms with E-state index in [9.17, 15) is 4.79 Å². The van der Waals surface area contributed by atoms with Crippen LogP contribution in [0.15, 0.2) is 24.3 Å². The van der Waals surface area contributed by atoms with Crippen LogP contribution in [0.25, 0.3) is 0 Å². The van der Waals surface area contributed by atoms with E-state index in [4.69, 9.17) is 5.73 Å². The maximum absolute atomic E-state index is 12.1. The van der Waals surface area contributed by atoms with Crippen LogP contribution in [0.1, 0.15) is 57.6 Å². The predicted octanol–water partition coefficient (Wildman–Crippen LogP) is 3.16. The average molecular weight is 302 g/mol. The van der Waals surface area contributed by atoms with Crippen molar-refractivity contribution >= 4 is 5.91 Å². The van der Waals surface area contributed by atoms with Crippen molar-refractivity contribution in [2.75, 3.05) is 6.54 Å². The highest BCUT2D eigenvalue weighted by Gasteiger charge is 2.27. The fourth-order valence-electron chi connectivity index (χ4n) is 3.22. The van der Waals surface area contributed by atoms with E-state index >= 15 is 0 Å². The first kappa shape index (κ1) is 17.0. The van der Waals surface area contributed by atoms with Gasteiger partial charge in [-0.2, -0.15) is 0 Å². The van der Waals surface area contributed by atoms with Gasteiger partial charge in [-0.05, 0) is 48.3 Å². The summed E-state index contributed by atoms with van der Waals surface area (Å²) < 4.78 is 0. The van der Waals surface area contributed by atoms with Gasteiger partial charge in [0, 0.05) is 12.5 Å². The molecule has 3 nitrogen and oxygen atoms in total. The molecule has 1 amide bonds. The summed E-state index contributed by atoms with van der Waals surface area (Å²) in [5.41, 5.74) is 8.50. The molecule has 0 aliphatic heterocycles. The van der Waals surface area contributed by atoms with Gasteiger partial charge < -0.3 is 11.1 Å². The molecule has 1 aromatic rings. The van der Waals surface area contributed by atoms with Crippen LogP contribution in [-0.2, 0) is 16.6 Å². The molecule has 1 aliphatic carbocycles. The van der Waals surface area contributed by atoms with Crippen molar-refractivity contribution in [1.82, 2.24) is 5.32 Å². The summed E-state index contributed by atoms with van der Waals surface area (Å²) in [6, 6.07) is 8.93. The quantitative estimate of drug-likeness (QED) is 0.878. The van der Waals surface area contributed by atoms with E-state index in [0.29, 0.717) is 24.9 Å². The monoisotopic (exact) mass is 302 g/mol. The van der Waals surface area contributed by atoms with Gasteiger partial charge in [-0.1, -0.05) is 51.5 Å². The van der Waals surface area contributed by atoms with Crippen LogP contribution in [0.5, 0.6) is 0 Å². The summed E-state index contributed by atoms with van der Waals surface area (Å²) in [4.78, 5) is 12.1. The molecule has 3 N–H and O–H groups in total. The third-order valence-electron chi connectivity index (χ3n) is 4.77. The Morgan fingerprint density at radius 2 is 1.91 bits per heavy atom. The smallest absolute Gasteiger partial charge is 0.220 e. The van der Waals surface area contributed by atoms with Gasteiger partial charge in [0.1, 0.15) is 0 Å². The van der Waals surface area contributed by atoms with E-state index in [1.807, 2.05) is 0 Å². The van der Waals surface area contributed by atoms with Crippen molar-refractivity contribution in [3.8, 4) is 0 Å². The van der Waals surface area contributed by atoms with Crippen molar-refractivity contribution < 1.29 is 4.79 Å². The summed E-state index contributed by atoms with van der Waals surface area (Å²) >= 11 is 0. The Morgan fingerprint density at radius 3 is 2.50 bits per heavy atom. The number of amides is 1. The first-order valence-corrected chi connectivity index (χ1v) is 8.49. The molecule has 1 aliphatic rings. The molecule has 1 fully saturated rings. The number of carbonyl (C=O) groups is 1. The third-order valence-corrected chi connectivity index (χ3v) is 4.77. The van der Waals surface area contributed by atoms with Gasteiger partial charge in [0.25, 0.3) is 0 Å². The maximum atomic E-state index is 12.1. The van der Waals surface area contributed by atoms with Crippen LogP contribution >= 0.6 is 0 Å². The predicted molar refractivity (Wildman–Crippen MR) is 91.8 cm³/mol. The molecule has 2 atom stereocenters. The molecule has 22 heavy (non-hydrogen) atoms. The van der Waals surface area contributed by atoms with Crippen molar-refractivity contribution in [2.45, 2.75) is 64.3 Å². The van der Waals surface area contributed by atoms with Crippen LogP contribution in [0.2, 0.25) is 0 Å². The second kappa shape index (κ2) is 7.28. The lowest BCUT2D eigenvalue weighted by molar-refractivity contribution is -0.122. The molecule has 0 saturated heterocycles. The summed E-state index contributed by atoms with van der Waals surface area (Å²) in [6.07, 6.45) is 4.77. The Hall–Kier alpha value is -1.35. The Bertz CT molecular complexity index is 487. The Kier molecular flexibility index (Phi) is 5.63. The number of nitrogens with two attached hydrogens (primary N) is 1. The number of rotatable bonds is 5. The minimum absolute atomic E-state index is 0.158. The second-order valence-electron chi connectivity index (χ2n) is 7.55. The topological polar surface area (TPSA) is 55.1 Å². The van der Waals surface area contributed by atoms with Crippen LogP contribution in [0.4, 0.5) is 0 Å². The average Bonchev–Trinajstić information content (AvgIpc) is 2.92. The van der Waals surface area contributed by atoms with Gasteiger partial charge in [0.15, 0.2) is 0 Å². The van der Waals surface area contributed by atoms with Crippen molar-refractivity contribution in [1.29, 1.82) is 0 Å². The molecule has 3 heteroatoms. The zero-order valence-electron chi connectivity index (χ0n) is 14.2. The first-order chi connectivity index (χ1) is 10.4. The number of hydrogen-bond donors (Lipinski definition) is 2. The molecule has 0 aromatic heterocycles. The molecular weight excluding hydrogens is 272 g/mol. The largest absolute Gasteiger partial charge is 0.353 e. The molecule has 0 radical (unpaired) electrons. The van der Waals surface area contributed by atoms with E-state index in [1.165, 1.54) is 17.5 Å². The number of nitrogens with one attached hydrogen (secondary N) is 1. The van der Waals surface area contributed by atoms with Crippen LogP contribution in [0, 0.1) is 5.92 Å². The number of benzene rings is 1. The summed E-state index contributed by atoms with van der Waals surface area (Å²) in [7, 11) is 0. The summed E-state index contributed by atoms with van der Waals surface area (Å²) in [6.45, 7) is 7.32. The van der Waals surface area contributed by atoms with Gasteiger partial charge in [-0.25, -0.2) is 0 Å². The van der Waals surface area contributed by atoms with Crippen molar-refractivity contribution in [3.63, 3.8) is 0 Å². The van der Waals surface area contributed by atoms with E-state index in [-0.39, 0.29) is 11.3 Å². The zero-order valence-corrected chi connectivity index (χ0v) is 14.2. The van der Waals surface area contributed by atoms with E-state index < -0.39 is 0 Å². The molecule has 2 rings (SSSR count). The Labute approximate surface area is 134 Å². The highest BCUT2D eigenvalue weighted by atomic mass is 16.1. The van der Waals surface area contributed by atoms with E-state index in [0.717, 1.165) is 19.3 Å². The normalized spacial score (nSPS) is 21.8. The highest BCUT2D eigenvalue weighted by molar-refractivity contribution is 5.76. The number of aryl methyl sites for hydroxylation is 1. The molecule has 1 aromatic carbocycles. The van der Waals surface area contributed by atoms with Gasteiger partial charge >= 0.3 is 0 Å². The minimum Gasteiger partial charge on any atom is -0.353 e. The first-order valence-electron chi connectivity index (χ1n) is 8.49. The molecule has 0 heterocycles. The Morgan fingerprint density at radius 1 is 1.23 bits per heavy atom. The van der Waals surface area contributed by atoms with Crippen molar-refractivity contribution in [3.05, 3.63) is 35.4 Å². The van der Waals surface area contributed by atoms with Gasteiger partial charge in [-0.3, -0.25) is 4.79 Å². The van der Waals surface area contributed by atoms with Gasteiger partial charge in [-0.15, -0.1) is 0 Å². The fourth-order valence-corrected chi connectivity index (χ4v) is 3.22. The van der Waals surface area contributed by atoms with Crippen molar-refractivity contribution in [2.24, 2.45) is 11.7 Å². The van der Waals surface area contributed by atoms with Crippen LogP contribution in [-0.4, -0.2) is 18.5 Å². The second-order valence-corrected chi connectivity index (χ2v) is 7.55.